The van der Waals surface area contributed by atoms with Gasteiger partial charge in [-0.3, -0.25) is 4.68 Å². The molecule has 0 bridgehead atoms. The van der Waals surface area contributed by atoms with Gasteiger partial charge in [0.15, 0.2) is 5.82 Å². The van der Waals surface area contributed by atoms with E-state index in [-0.39, 0.29) is 23.3 Å². The Labute approximate surface area is 108 Å². The van der Waals surface area contributed by atoms with Crippen molar-refractivity contribution in [1.29, 1.82) is 0 Å². The summed E-state index contributed by atoms with van der Waals surface area (Å²) in [6.07, 6.45) is 3.01. The first-order valence-corrected chi connectivity index (χ1v) is 7.24. The Hall–Kier alpha value is -1.34. The summed E-state index contributed by atoms with van der Waals surface area (Å²) in [5.74, 6) is 0.0339. The SMILES string of the molecule is C=CCN(C(C)C)S(=O)(=O)c1cn(CC)nc1N. The molecule has 0 aliphatic carbocycles. The van der Waals surface area contributed by atoms with Gasteiger partial charge in [-0.2, -0.15) is 9.40 Å². The Balaban J connectivity index is 3.25. The van der Waals surface area contributed by atoms with E-state index in [0.29, 0.717) is 6.54 Å². The minimum absolute atomic E-state index is 0.0339. The molecule has 1 heterocycles. The summed E-state index contributed by atoms with van der Waals surface area (Å²) in [7, 11) is -3.63. The third-order valence-electron chi connectivity index (χ3n) is 2.55. The first-order chi connectivity index (χ1) is 8.34. The number of anilines is 1. The van der Waals surface area contributed by atoms with E-state index in [2.05, 4.69) is 11.7 Å². The fourth-order valence-corrected chi connectivity index (χ4v) is 3.29. The van der Waals surface area contributed by atoms with Gasteiger partial charge in [0.25, 0.3) is 0 Å². The van der Waals surface area contributed by atoms with Gasteiger partial charge in [-0.25, -0.2) is 8.42 Å². The number of aromatic nitrogens is 2. The zero-order valence-corrected chi connectivity index (χ0v) is 11.8. The zero-order valence-electron chi connectivity index (χ0n) is 11.0. The fraction of sp³-hybridized carbons (Fsp3) is 0.545. The van der Waals surface area contributed by atoms with Gasteiger partial charge in [-0.15, -0.1) is 6.58 Å². The fourth-order valence-electron chi connectivity index (χ4n) is 1.62. The van der Waals surface area contributed by atoms with Gasteiger partial charge in [-0.1, -0.05) is 6.08 Å². The second-order valence-corrected chi connectivity index (χ2v) is 6.05. The van der Waals surface area contributed by atoms with Crippen LogP contribution in [0.4, 0.5) is 5.82 Å². The predicted octanol–water partition coefficient (Wildman–Crippen LogP) is 1.07. The first kappa shape index (κ1) is 14.7. The summed E-state index contributed by atoms with van der Waals surface area (Å²) in [6.45, 7) is 9.88. The molecule has 0 spiro atoms. The average molecular weight is 272 g/mol. The number of hydrogen-bond acceptors (Lipinski definition) is 4. The number of sulfonamides is 1. The molecule has 102 valence electrons. The molecular formula is C11H20N4O2S. The maximum atomic E-state index is 12.5. The van der Waals surface area contributed by atoms with Crippen LogP contribution in [-0.2, 0) is 16.6 Å². The molecule has 1 rings (SSSR count). The third kappa shape index (κ3) is 2.73. The van der Waals surface area contributed by atoms with Crippen molar-refractivity contribution >= 4 is 15.8 Å². The van der Waals surface area contributed by atoms with Crippen LogP contribution in [0.1, 0.15) is 20.8 Å². The molecule has 0 atom stereocenters. The van der Waals surface area contributed by atoms with Crippen LogP contribution in [0.5, 0.6) is 0 Å². The van der Waals surface area contributed by atoms with Crippen LogP contribution in [-0.4, -0.2) is 35.1 Å². The monoisotopic (exact) mass is 272 g/mol. The van der Waals surface area contributed by atoms with E-state index in [1.54, 1.807) is 6.08 Å². The lowest BCUT2D eigenvalue weighted by Crippen LogP contribution is -2.37. The van der Waals surface area contributed by atoms with E-state index < -0.39 is 10.0 Å². The van der Waals surface area contributed by atoms with Gasteiger partial charge in [-0.05, 0) is 20.8 Å². The Morgan fingerprint density at radius 1 is 1.61 bits per heavy atom. The predicted molar refractivity (Wildman–Crippen MR) is 71.5 cm³/mol. The van der Waals surface area contributed by atoms with E-state index in [4.69, 9.17) is 5.73 Å². The molecule has 0 fully saturated rings. The van der Waals surface area contributed by atoms with Gasteiger partial charge in [0.05, 0.1) is 0 Å². The molecule has 1 aromatic rings. The van der Waals surface area contributed by atoms with E-state index in [1.807, 2.05) is 20.8 Å². The van der Waals surface area contributed by atoms with Crippen molar-refractivity contribution in [3.05, 3.63) is 18.9 Å². The number of nitrogen functional groups attached to an aromatic ring is 1. The topological polar surface area (TPSA) is 81.2 Å². The Morgan fingerprint density at radius 3 is 2.61 bits per heavy atom. The summed E-state index contributed by atoms with van der Waals surface area (Å²) in [4.78, 5) is 0.0555. The maximum absolute atomic E-state index is 12.5. The molecule has 0 aliphatic heterocycles. The Morgan fingerprint density at radius 2 is 2.22 bits per heavy atom. The Bertz CT molecular complexity index is 519. The molecule has 1 aromatic heterocycles. The van der Waals surface area contributed by atoms with Crippen LogP contribution in [0.15, 0.2) is 23.7 Å². The number of rotatable bonds is 6. The van der Waals surface area contributed by atoms with Crippen molar-refractivity contribution in [2.24, 2.45) is 0 Å². The zero-order chi connectivity index (χ0) is 13.9. The lowest BCUT2D eigenvalue weighted by molar-refractivity contribution is 0.383. The van der Waals surface area contributed by atoms with E-state index in [1.165, 1.54) is 15.2 Å². The highest BCUT2D eigenvalue weighted by Gasteiger charge is 2.29. The van der Waals surface area contributed by atoms with Gasteiger partial charge in [0, 0.05) is 25.3 Å². The lowest BCUT2D eigenvalue weighted by atomic mass is 10.4. The molecule has 6 nitrogen and oxygen atoms in total. The van der Waals surface area contributed by atoms with Crippen molar-refractivity contribution in [3.8, 4) is 0 Å². The summed E-state index contributed by atoms with van der Waals surface area (Å²) in [5, 5.41) is 3.96. The summed E-state index contributed by atoms with van der Waals surface area (Å²) >= 11 is 0. The van der Waals surface area contributed by atoms with Crippen LogP contribution < -0.4 is 5.73 Å². The summed E-state index contributed by atoms with van der Waals surface area (Å²) < 4.78 is 27.8. The van der Waals surface area contributed by atoms with Gasteiger partial charge in [0.1, 0.15) is 4.90 Å². The molecule has 0 amide bonds. The minimum Gasteiger partial charge on any atom is -0.381 e. The van der Waals surface area contributed by atoms with Crippen molar-refractivity contribution < 1.29 is 8.42 Å². The Kier molecular flexibility index (Phi) is 4.53. The highest BCUT2D eigenvalue weighted by molar-refractivity contribution is 7.89. The maximum Gasteiger partial charge on any atom is 0.248 e. The molecule has 0 saturated carbocycles. The number of nitrogens with zero attached hydrogens (tertiary/aromatic N) is 3. The quantitative estimate of drug-likeness (QED) is 0.785. The van der Waals surface area contributed by atoms with Gasteiger partial charge >= 0.3 is 0 Å². The van der Waals surface area contributed by atoms with Crippen molar-refractivity contribution in [3.63, 3.8) is 0 Å². The van der Waals surface area contributed by atoms with E-state index in [9.17, 15) is 8.42 Å². The van der Waals surface area contributed by atoms with Gasteiger partial charge in [0.2, 0.25) is 10.0 Å². The van der Waals surface area contributed by atoms with Crippen LogP contribution in [0, 0.1) is 0 Å². The molecule has 0 saturated heterocycles. The molecule has 2 N–H and O–H groups in total. The largest absolute Gasteiger partial charge is 0.381 e. The second kappa shape index (κ2) is 5.53. The molecule has 0 radical (unpaired) electrons. The van der Waals surface area contributed by atoms with E-state index in [0.717, 1.165) is 0 Å². The average Bonchev–Trinajstić information content (AvgIpc) is 2.67. The normalized spacial score (nSPS) is 12.3. The smallest absolute Gasteiger partial charge is 0.248 e. The highest BCUT2D eigenvalue weighted by atomic mass is 32.2. The second-order valence-electron chi connectivity index (χ2n) is 4.19. The molecule has 18 heavy (non-hydrogen) atoms. The van der Waals surface area contributed by atoms with Gasteiger partial charge < -0.3 is 5.73 Å². The third-order valence-corrected chi connectivity index (χ3v) is 4.61. The highest BCUT2D eigenvalue weighted by Crippen LogP contribution is 2.22. The van der Waals surface area contributed by atoms with E-state index >= 15 is 0 Å². The molecule has 0 aromatic carbocycles. The van der Waals surface area contributed by atoms with Crippen molar-refractivity contribution in [2.45, 2.75) is 38.3 Å². The number of nitrogens with two attached hydrogens (primary N) is 1. The van der Waals surface area contributed by atoms with Crippen LogP contribution in [0.3, 0.4) is 0 Å². The standard InChI is InChI=1S/C11H20N4O2S/c1-5-7-15(9(3)4)18(16,17)10-8-14(6-2)13-11(10)12/h5,8-9H,1,6-7H2,2-4H3,(H2,12,13). The van der Waals surface area contributed by atoms with Crippen LogP contribution in [0.25, 0.3) is 0 Å². The first-order valence-electron chi connectivity index (χ1n) is 5.80. The summed E-state index contributed by atoms with van der Waals surface area (Å²) in [6, 6.07) is -0.169. The molecule has 0 aliphatic rings. The molecular weight excluding hydrogens is 252 g/mol. The summed E-state index contributed by atoms with van der Waals surface area (Å²) in [5.41, 5.74) is 5.67. The van der Waals surface area contributed by atoms with Crippen molar-refractivity contribution in [1.82, 2.24) is 14.1 Å². The lowest BCUT2D eigenvalue weighted by Gasteiger charge is -2.23. The molecule has 0 unspecified atom stereocenters. The number of aryl methyl sites for hydroxylation is 1. The van der Waals surface area contributed by atoms with Crippen LogP contribution >= 0.6 is 0 Å². The number of hydrogen-bond donors (Lipinski definition) is 1. The van der Waals surface area contributed by atoms with Crippen LogP contribution in [0.2, 0.25) is 0 Å². The minimum atomic E-state index is -3.63. The molecule has 7 heteroatoms. The van der Waals surface area contributed by atoms with Crippen molar-refractivity contribution in [2.75, 3.05) is 12.3 Å².